The van der Waals surface area contributed by atoms with Crippen LogP contribution in [0.15, 0.2) is 29.7 Å². The first-order valence-electron chi connectivity index (χ1n) is 8.95. The number of nitrogens with zero attached hydrogens (tertiary/aromatic N) is 5. The highest BCUT2D eigenvalue weighted by Crippen LogP contribution is 2.25. The summed E-state index contributed by atoms with van der Waals surface area (Å²) in [7, 11) is 1.67. The number of thioether (sulfide) groups is 1. The molecule has 0 aliphatic carbocycles. The van der Waals surface area contributed by atoms with Gasteiger partial charge in [0.15, 0.2) is 11.0 Å². The normalized spacial score (nSPS) is 17.5. The standard InChI is InChI=1S/C18H25N5O2S/c1-14-5-3-4-10-22(14)16(24)13-26-18-21-20-17(23(18)11-12-25-2)15-6-8-19-9-7-15/h6-9,14H,3-5,10-13H2,1-2H3/t14-/m0/s1. The molecule has 2 aromatic rings. The van der Waals surface area contributed by atoms with Gasteiger partial charge in [0, 0.05) is 37.7 Å². The van der Waals surface area contributed by atoms with Gasteiger partial charge < -0.3 is 9.64 Å². The van der Waals surface area contributed by atoms with E-state index < -0.39 is 0 Å². The number of rotatable bonds is 7. The summed E-state index contributed by atoms with van der Waals surface area (Å²) in [6, 6.07) is 4.14. The second-order valence-corrected chi connectivity index (χ2v) is 7.35. The maximum Gasteiger partial charge on any atom is 0.233 e. The first-order valence-corrected chi connectivity index (χ1v) is 9.94. The fourth-order valence-corrected chi connectivity index (χ4v) is 4.02. The lowest BCUT2D eigenvalue weighted by Gasteiger charge is -2.33. The predicted molar refractivity (Wildman–Crippen MR) is 101 cm³/mol. The van der Waals surface area contributed by atoms with Crippen molar-refractivity contribution in [3.8, 4) is 11.4 Å². The van der Waals surface area contributed by atoms with Crippen LogP contribution in [0, 0.1) is 0 Å². The molecule has 0 radical (unpaired) electrons. The van der Waals surface area contributed by atoms with Crippen LogP contribution in [0.25, 0.3) is 11.4 Å². The molecule has 1 aliphatic heterocycles. The number of hydrogen-bond donors (Lipinski definition) is 0. The van der Waals surface area contributed by atoms with Gasteiger partial charge in [0.05, 0.1) is 18.9 Å². The molecule has 0 unspecified atom stereocenters. The van der Waals surface area contributed by atoms with Crippen LogP contribution in [0.2, 0.25) is 0 Å². The van der Waals surface area contributed by atoms with E-state index in [0.717, 1.165) is 35.9 Å². The van der Waals surface area contributed by atoms with Crippen molar-refractivity contribution in [1.82, 2.24) is 24.6 Å². The number of pyridine rings is 1. The quantitative estimate of drug-likeness (QED) is 0.692. The lowest BCUT2D eigenvalue weighted by atomic mass is 10.0. The van der Waals surface area contributed by atoms with Crippen LogP contribution < -0.4 is 0 Å². The molecule has 1 atom stereocenters. The van der Waals surface area contributed by atoms with Gasteiger partial charge in [-0.3, -0.25) is 14.3 Å². The Morgan fingerprint density at radius 1 is 1.31 bits per heavy atom. The first-order chi connectivity index (χ1) is 12.7. The summed E-state index contributed by atoms with van der Waals surface area (Å²) in [4.78, 5) is 18.6. The highest BCUT2D eigenvalue weighted by Gasteiger charge is 2.24. The van der Waals surface area contributed by atoms with E-state index in [4.69, 9.17) is 4.74 Å². The fraction of sp³-hybridized carbons (Fsp3) is 0.556. The Bertz CT molecular complexity index is 722. The van der Waals surface area contributed by atoms with Crippen LogP contribution in [0.5, 0.6) is 0 Å². The molecular weight excluding hydrogens is 350 g/mol. The molecule has 3 rings (SSSR count). The molecule has 3 heterocycles. The molecule has 0 saturated carbocycles. The van der Waals surface area contributed by atoms with Crippen LogP contribution in [-0.2, 0) is 16.1 Å². The van der Waals surface area contributed by atoms with E-state index in [9.17, 15) is 4.79 Å². The van der Waals surface area contributed by atoms with Crippen LogP contribution in [-0.4, -0.2) is 62.6 Å². The molecule has 140 valence electrons. The summed E-state index contributed by atoms with van der Waals surface area (Å²) < 4.78 is 7.23. The van der Waals surface area contributed by atoms with E-state index in [1.165, 1.54) is 18.2 Å². The lowest BCUT2D eigenvalue weighted by Crippen LogP contribution is -2.43. The molecule has 1 amide bonds. The van der Waals surface area contributed by atoms with Crippen LogP contribution in [0.3, 0.4) is 0 Å². The van der Waals surface area contributed by atoms with Gasteiger partial charge in [0.1, 0.15) is 0 Å². The molecule has 26 heavy (non-hydrogen) atoms. The Morgan fingerprint density at radius 2 is 2.12 bits per heavy atom. The van der Waals surface area contributed by atoms with E-state index in [1.54, 1.807) is 19.5 Å². The summed E-state index contributed by atoms with van der Waals surface area (Å²) in [5.41, 5.74) is 0.950. The second kappa shape index (κ2) is 9.14. The SMILES string of the molecule is COCCn1c(SCC(=O)N2CCCC[C@@H]2C)nnc1-c1ccncc1. The van der Waals surface area contributed by atoms with Crippen molar-refractivity contribution in [3.63, 3.8) is 0 Å². The zero-order chi connectivity index (χ0) is 18.4. The number of carbonyl (C=O) groups excluding carboxylic acids is 1. The molecule has 7 nitrogen and oxygen atoms in total. The first kappa shape index (κ1) is 18.8. The predicted octanol–water partition coefficient (Wildman–Crippen LogP) is 2.48. The molecule has 0 bridgehead atoms. The lowest BCUT2D eigenvalue weighted by molar-refractivity contribution is -0.131. The molecule has 0 spiro atoms. The average molecular weight is 375 g/mol. The Kier molecular flexibility index (Phi) is 6.62. The van der Waals surface area contributed by atoms with E-state index in [0.29, 0.717) is 24.9 Å². The smallest absolute Gasteiger partial charge is 0.233 e. The number of piperidine rings is 1. The molecule has 0 N–H and O–H groups in total. The van der Waals surface area contributed by atoms with Gasteiger partial charge in [0.2, 0.25) is 5.91 Å². The van der Waals surface area contributed by atoms with Gasteiger partial charge in [-0.15, -0.1) is 10.2 Å². The maximum absolute atomic E-state index is 12.6. The average Bonchev–Trinajstić information content (AvgIpc) is 3.08. The zero-order valence-corrected chi connectivity index (χ0v) is 16.1. The topological polar surface area (TPSA) is 73.1 Å². The van der Waals surface area contributed by atoms with Crippen molar-refractivity contribution < 1.29 is 9.53 Å². The number of hydrogen-bond acceptors (Lipinski definition) is 6. The highest BCUT2D eigenvalue weighted by molar-refractivity contribution is 7.99. The van der Waals surface area contributed by atoms with Gasteiger partial charge in [-0.25, -0.2) is 0 Å². The summed E-state index contributed by atoms with van der Waals surface area (Å²) in [5, 5.41) is 9.38. The monoisotopic (exact) mass is 375 g/mol. The largest absolute Gasteiger partial charge is 0.383 e. The number of aromatic nitrogens is 4. The molecule has 1 saturated heterocycles. The van der Waals surface area contributed by atoms with Crippen molar-refractivity contribution >= 4 is 17.7 Å². The third-order valence-corrected chi connectivity index (χ3v) is 5.57. The van der Waals surface area contributed by atoms with Gasteiger partial charge in [-0.1, -0.05) is 11.8 Å². The van der Waals surface area contributed by atoms with Crippen LogP contribution in [0.4, 0.5) is 0 Å². The maximum atomic E-state index is 12.6. The molecule has 0 aromatic carbocycles. The Hall–Kier alpha value is -1.93. The minimum absolute atomic E-state index is 0.175. The van der Waals surface area contributed by atoms with Crippen molar-refractivity contribution in [2.24, 2.45) is 0 Å². The molecule has 1 aliphatic rings. The van der Waals surface area contributed by atoms with Gasteiger partial charge in [-0.05, 0) is 38.3 Å². The van der Waals surface area contributed by atoms with Crippen LogP contribution in [0.1, 0.15) is 26.2 Å². The van der Waals surface area contributed by atoms with E-state index in [-0.39, 0.29) is 5.91 Å². The summed E-state index contributed by atoms with van der Waals surface area (Å²) >= 11 is 1.44. The minimum atomic E-state index is 0.175. The van der Waals surface area contributed by atoms with E-state index in [1.807, 2.05) is 21.6 Å². The molecule has 1 fully saturated rings. The van der Waals surface area contributed by atoms with Gasteiger partial charge >= 0.3 is 0 Å². The Labute approximate surface area is 158 Å². The second-order valence-electron chi connectivity index (χ2n) is 6.41. The third kappa shape index (κ3) is 4.42. The molecular formula is C18H25N5O2S. The van der Waals surface area contributed by atoms with Crippen molar-refractivity contribution in [3.05, 3.63) is 24.5 Å². The summed E-state index contributed by atoms with van der Waals surface area (Å²) in [5.74, 6) is 1.32. The van der Waals surface area contributed by atoms with Crippen molar-refractivity contribution in [1.29, 1.82) is 0 Å². The molecule has 8 heteroatoms. The number of likely N-dealkylation sites (tertiary alicyclic amines) is 1. The summed E-state index contributed by atoms with van der Waals surface area (Å²) in [6.45, 7) is 4.18. The number of ether oxygens (including phenoxy) is 1. The van der Waals surface area contributed by atoms with Crippen molar-refractivity contribution in [2.75, 3.05) is 26.0 Å². The van der Waals surface area contributed by atoms with Crippen LogP contribution >= 0.6 is 11.8 Å². The number of methoxy groups -OCH3 is 1. The fourth-order valence-electron chi connectivity index (χ4n) is 3.17. The van der Waals surface area contributed by atoms with Gasteiger partial charge in [-0.2, -0.15) is 0 Å². The third-order valence-electron chi connectivity index (χ3n) is 4.62. The Morgan fingerprint density at radius 3 is 2.85 bits per heavy atom. The minimum Gasteiger partial charge on any atom is -0.383 e. The molecule has 2 aromatic heterocycles. The summed E-state index contributed by atoms with van der Waals surface area (Å²) in [6.07, 6.45) is 6.86. The highest BCUT2D eigenvalue weighted by atomic mass is 32.2. The Balaban J connectivity index is 1.72. The van der Waals surface area contributed by atoms with Gasteiger partial charge in [0.25, 0.3) is 0 Å². The van der Waals surface area contributed by atoms with E-state index in [2.05, 4.69) is 22.1 Å². The number of carbonyl (C=O) groups is 1. The van der Waals surface area contributed by atoms with E-state index >= 15 is 0 Å². The zero-order valence-electron chi connectivity index (χ0n) is 15.3. The van der Waals surface area contributed by atoms with Crippen molar-refractivity contribution in [2.45, 2.75) is 43.9 Å². The number of amides is 1.